The van der Waals surface area contributed by atoms with Gasteiger partial charge in [0, 0.05) is 19.0 Å². The van der Waals surface area contributed by atoms with E-state index in [0.717, 1.165) is 32.2 Å². The zero-order valence-electron chi connectivity index (χ0n) is 6.25. The molecule has 10 heavy (non-hydrogen) atoms. The van der Waals surface area contributed by atoms with Gasteiger partial charge in [-0.25, -0.2) is 0 Å². The molecule has 1 aliphatic rings. The van der Waals surface area contributed by atoms with Gasteiger partial charge in [0.25, 0.3) is 0 Å². The summed E-state index contributed by atoms with van der Waals surface area (Å²) < 4.78 is 2.31. The molecular weight excluding hydrogens is 146 g/mol. The molecule has 3 heteroatoms. The molecule has 1 aliphatic heterocycles. The molecule has 1 saturated heterocycles. The predicted octanol–water partition coefficient (Wildman–Crippen LogP) is 1.18. The summed E-state index contributed by atoms with van der Waals surface area (Å²) in [5.41, 5.74) is 0. The average Bonchev–Trinajstić information content (AvgIpc) is 2.05. The lowest BCUT2D eigenvalue weighted by atomic mass is 10.0. The van der Waals surface area contributed by atoms with Gasteiger partial charge < -0.3 is 4.79 Å². The Morgan fingerprint density at radius 2 is 2.10 bits per heavy atom. The summed E-state index contributed by atoms with van der Waals surface area (Å²) in [5, 5.41) is 0. The number of carbonyl (C=O) groups is 1. The van der Waals surface area contributed by atoms with Crippen LogP contribution >= 0.6 is 11.9 Å². The molecule has 0 bridgehead atoms. The van der Waals surface area contributed by atoms with Gasteiger partial charge in [-0.1, -0.05) is 11.9 Å². The standard InChI is InChI=1S/C7H13NOS/c1-10-8-4-2-7(6-9)3-5-8/h6-7H,2-5H2,1H3. The van der Waals surface area contributed by atoms with Crippen LogP contribution in [0.5, 0.6) is 0 Å². The van der Waals surface area contributed by atoms with Crippen molar-refractivity contribution in [2.75, 3.05) is 19.3 Å². The monoisotopic (exact) mass is 159 g/mol. The average molecular weight is 159 g/mol. The zero-order chi connectivity index (χ0) is 7.40. The SMILES string of the molecule is CSN1CCC(C=O)CC1. The smallest absolute Gasteiger partial charge is 0.123 e. The second kappa shape index (κ2) is 3.98. The van der Waals surface area contributed by atoms with E-state index >= 15 is 0 Å². The third-order valence-corrected chi connectivity index (χ3v) is 2.83. The van der Waals surface area contributed by atoms with Crippen molar-refractivity contribution in [2.45, 2.75) is 12.8 Å². The zero-order valence-corrected chi connectivity index (χ0v) is 7.06. The molecule has 58 valence electrons. The Bertz CT molecular complexity index is 110. The van der Waals surface area contributed by atoms with Crippen LogP contribution in [0.25, 0.3) is 0 Å². The van der Waals surface area contributed by atoms with E-state index in [-0.39, 0.29) is 0 Å². The highest BCUT2D eigenvalue weighted by atomic mass is 32.2. The largest absolute Gasteiger partial charge is 0.303 e. The Hall–Kier alpha value is -0.0200. The number of hydrogen-bond acceptors (Lipinski definition) is 3. The molecule has 0 spiro atoms. The van der Waals surface area contributed by atoms with E-state index in [1.807, 2.05) is 0 Å². The lowest BCUT2D eigenvalue weighted by Gasteiger charge is -2.26. The Kier molecular flexibility index (Phi) is 3.22. The molecular formula is C7H13NOS. The van der Waals surface area contributed by atoms with Crippen LogP contribution in [0.3, 0.4) is 0 Å². The number of rotatable bonds is 2. The number of carbonyl (C=O) groups excluding carboxylic acids is 1. The minimum Gasteiger partial charge on any atom is -0.303 e. The third kappa shape index (κ3) is 1.99. The van der Waals surface area contributed by atoms with Crippen molar-refractivity contribution < 1.29 is 4.79 Å². The first kappa shape index (κ1) is 8.08. The van der Waals surface area contributed by atoms with Gasteiger partial charge in [-0.05, 0) is 19.1 Å². The van der Waals surface area contributed by atoms with Crippen molar-refractivity contribution in [2.24, 2.45) is 5.92 Å². The highest BCUT2D eigenvalue weighted by Gasteiger charge is 2.16. The van der Waals surface area contributed by atoms with Crippen molar-refractivity contribution in [1.29, 1.82) is 0 Å². The fraction of sp³-hybridized carbons (Fsp3) is 0.857. The van der Waals surface area contributed by atoms with Crippen LogP contribution in [0.1, 0.15) is 12.8 Å². The van der Waals surface area contributed by atoms with Crippen LogP contribution in [-0.2, 0) is 4.79 Å². The Morgan fingerprint density at radius 1 is 1.50 bits per heavy atom. The van der Waals surface area contributed by atoms with Crippen molar-refractivity contribution in [3.05, 3.63) is 0 Å². The van der Waals surface area contributed by atoms with E-state index in [2.05, 4.69) is 10.6 Å². The fourth-order valence-electron chi connectivity index (χ4n) is 1.19. The summed E-state index contributed by atoms with van der Waals surface area (Å²) in [6.45, 7) is 2.15. The topological polar surface area (TPSA) is 20.3 Å². The van der Waals surface area contributed by atoms with Crippen LogP contribution in [0.4, 0.5) is 0 Å². The normalized spacial score (nSPS) is 22.9. The lowest BCUT2D eigenvalue weighted by Crippen LogP contribution is -2.28. The van der Waals surface area contributed by atoms with E-state index in [1.165, 1.54) is 0 Å². The van der Waals surface area contributed by atoms with Crippen LogP contribution in [-0.4, -0.2) is 29.9 Å². The molecule has 1 heterocycles. The summed E-state index contributed by atoms with van der Waals surface area (Å²) in [7, 11) is 0. The molecule has 1 rings (SSSR count). The van der Waals surface area contributed by atoms with Crippen molar-refractivity contribution in [1.82, 2.24) is 4.31 Å². The lowest BCUT2D eigenvalue weighted by molar-refractivity contribution is -0.112. The molecule has 0 aromatic rings. The Labute approximate surface area is 66.1 Å². The van der Waals surface area contributed by atoms with E-state index in [9.17, 15) is 4.79 Å². The van der Waals surface area contributed by atoms with Crippen LogP contribution in [0.2, 0.25) is 0 Å². The molecule has 0 aromatic carbocycles. The third-order valence-electron chi connectivity index (χ3n) is 1.95. The molecule has 0 unspecified atom stereocenters. The van der Waals surface area contributed by atoms with Crippen molar-refractivity contribution in [3.8, 4) is 0 Å². The maximum absolute atomic E-state index is 10.3. The first-order valence-corrected chi connectivity index (χ1v) is 4.79. The number of aldehydes is 1. The van der Waals surface area contributed by atoms with Gasteiger partial charge in [0.1, 0.15) is 6.29 Å². The van der Waals surface area contributed by atoms with E-state index < -0.39 is 0 Å². The van der Waals surface area contributed by atoms with Gasteiger partial charge in [0.2, 0.25) is 0 Å². The highest BCUT2D eigenvalue weighted by molar-refractivity contribution is 7.96. The summed E-state index contributed by atoms with van der Waals surface area (Å²) in [5.74, 6) is 0.336. The van der Waals surface area contributed by atoms with E-state index in [0.29, 0.717) is 5.92 Å². The molecule has 0 aliphatic carbocycles. The van der Waals surface area contributed by atoms with E-state index in [1.54, 1.807) is 11.9 Å². The summed E-state index contributed by atoms with van der Waals surface area (Å²) in [6, 6.07) is 0. The summed E-state index contributed by atoms with van der Waals surface area (Å²) in [4.78, 5) is 10.3. The molecule has 0 saturated carbocycles. The van der Waals surface area contributed by atoms with Gasteiger partial charge >= 0.3 is 0 Å². The molecule has 0 amide bonds. The van der Waals surface area contributed by atoms with Crippen LogP contribution < -0.4 is 0 Å². The van der Waals surface area contributed by atoms with Gasteiger partial charge in [-0.3, -0.25) is 4.31 Å². The number of nitrogens with zero attached hydrogens (tertiary/aromatic N) is 1. The second-order valence-electron chi connectivity index (χ2n) is 2.59. The summed E-state index contributed by atoms with van der Waals surface area (Å²) in [6.07, 6.45) is 5.27. The first-order valence-electron chi connectivity index (χ1n) is 3.61. The van der Waals surface area contributed by atoms with Crippen LogP contribution in [0.15, 0.2) is 0 Å². The maximum atomic E-state index is 10.3. The molecule has 1 fully saturated rings. The minimum absolute atomic E-state index is 0.336. The minimum atomic E-state index is 0.336. The molecule has 0 radical (unpaired) electrons. The van der Waals surface area contributed by atoms with Crippen LogP contribution in [0, 0.1) is 5.92 Å². The molecule has 0 aromatic heterocycles. The molecule has 0 N–H and O–H groups in total. The molecule has 2 nitrogen and oxygen atoms in total. The fourth-order valence-corrected chi connectivity index (χ4v) is 1.77. The predicted molar refractivity (Wildman–Crippen MR) is 43.9 cm³/mol. The van der Waals surface area contributed by atoms with Gasteiger partial charge in [0.15, 0.2) is 0 Å². The van der Waals surface area contributed by atoms with E-state index in [4.69, 9.17) is 0 Å². The maximum Gasteiger partial charge on any atom is 0.123 e. The highest BCUT2D eigenvalue weighted by Crippen LogP contribution is 2.19. The number of hydrogen-bond donors (Lipinski definition) is 0. The van der Waals surface area contributed by atoms with Crippen molar-refractivity contribution in [3.63, 3.8) is 0 Å². The van der Waals surface area contributed by atoms with Crippen molar-refractivity contribution >= 4 is 18.2 Å². The quantitative estimate of drug-likeness (QED) is 0.445. The Morgan fingerprint density at radius 3 is 2.50 bits per heavy atom. The Balaban J connectivity index is 2.23. The first-order chi connectivity index (χ1) is 4.86. The molecule has 0 atom stereocenters. The van der Waals surface area contributed by atoms with Gasteiger partial charge in [-0.15, -0.1) is 0 Å². The van der Waals surface area contributed by atoms with Gasteiger partial charge in [-0.2, -0.15) is 0 Å². The van der Waals surface area contributed by atoms with Gasteiger partial charge in [0.05, 0.1) is 0 Å². The number of piperidine rings is 1. The second-order valence-corrected chi connectivity index (χ2v) is 3.47. The summed E-state index contributed by atoms with van der Waals surface area (Å²) >= 11 is 1.78.